The Morgan fingerprint density at radius 2 is 1.92 bits per heavy atom. The summed E-state index contributed by atoms with van der Waals surface area (Å²) in [5, 5.41) is 5.72. The average Bonchev–Trinajstić information content (AvgIpc) is 2.65. The summed E-state index contributed by atoms with van der Waals surface area (Å²) < 4.78 is 18.7. The molecule has 7 heteroatoms. The number of nitrogens with zero attached hydrogens (tertiary/aromatic N) is 2. The molecule has 1 aliphatic heterocycles. The summed E-state index contributed by atoms with van der Waals surface area (Å²) in [6.07, 6.45) is 1.66. The third-order valence-electron chi connectivity index (χ3n) is 3.63. The number of anilines is 1. The van der Waals surface area contributed by atoms with Crippen LogP contribution in [0.2, 0.25) is 0 Å². The van der Waals surface area contributed by atoms with Gasteiger partial charge in [-0.2, -0.15) is 10.1 Å². The Morgan fingerprint density at radius 3 is 2.58 bits per heavy atom. The van der Waals surface area contributed by atoms with Crippen molar-refractivity contribution in [3.05, 3.63) is 72.4 Å². The van der Waals surface area contributed by atoms with E-state index in [1.165, 1.54) is 12.1 Å². The quantitative estimate of drug-likeness (QED) is 0.811. The second-order valence-corrected chi connectivity index (χ2v) is 6.54. The molecular formula is C19H18FN3O2S. The number of hydrogen-bond donors (Lipinski definition) is 1. The van der Waals surface area contributed by atoms with Gasteiger partial charge in [-0.15, -0.1) is 0 Å². The van der Waals surface area contributed by atoms with Gasteiger partial charge in [0.05, 0.1) is 12.3 Å². The Hall–Kier alpha value is -2.80. The van der Waals surface area contributed by atoms with Gasteiger partial charge in [0, 0.05) is 4.90 Å². The zero-order valence-corrected chi connectivity index (χ0v) is 14.9. The van der Waals surface area contributed by atoms with Crippen molar-refractivity contribution >= 4 is 28.4 Å². The number of carbonyl (C=O) groups excluding carboxylic acids is 1. The number of ether oxygens (including phenoxy) is 1. The van der Waals surface area contributed by atoms with Crippen LogP contribution in [0.25, 0.3) is 0 Å². The van der Waals surface area contributed by atoms with E-state index in [9.17, 15) is 9.18 Å². The van der Waals surface area contributed by atoms with E-state index in [1.54, 1.807) is 23.2 Å². The first-order chi connectivity index (χ1) is 12.6. The van der Waals surface area contributed by atoms with E-state index in [0.29, 0.717) is 17.4 Å². The van der Waals surface area contributed by atoms with E-state index in [-0.39, 0.29) is 16.8 Å². The molecular weight excluding hydrogens is 353 g/mol. The number of nitrogens with two attached hydrogens (primary N) is 1. The van der Waals surface area contributed by atoms with E-state index in [0.717, 1.165) is 17.4 Å². The Labute approximate surface area is 155 Å². The lowest BCUT2D eigenvalue weighted by Gasteiger charge is -2.28. The topological polar surface area (TPSA) is 67.9 Å². The molecule has 3 rings (SSSR count). The Kier molecular flexibility index (Phi) is 5.58. The smallest absolute Gasteiger partial charge is 0.212 e. The number of hydrogen-bond acceptors (Lipinski definition) is 6. The second kappa shape index (κ2) is 8.05. The molecule has 0 aliphatic carbocycles. The molecule has 0 fully saturated rings. The number of para-hydroxylation sites is 1. The third kappa shape index (κ3) is 4.05. The van der Waals surface area contributed by atoms with Gasteiger partial charge in [-0.3, -0.25) is 4.79 Å². The molecule has 2 aromatic carbocycles. The van der Waals surface area contributed by atoms with Gasteiger partial charge >= 0.3 is 0 Å². The number of benzene rings is 2. The summed E-state index contributed by atoms with van der Waals surface area (Å²) in [7, 11) is 0. The molecule has 2 N–H and O–H groups in total. The molecule has 1 unspecified atom stereocenters. The SMILES string of the molecule is CCOC1=CC(C(=O)Sc2ccc(F)cc2)C(N)=NN1c1ccccc1. The first kappa shape index (κ1) is 18.0. The minimum Gasteiger partial charge on any atom is -0.478 e. The van der Waals surface area contributed by atoms with Gasteiger partial charge in [0.25, 0.3) is 0 Å². The molecule has 2 aromatic rings. The predicted octanol–water partition coefficient (Wildman–Crippen LogP) is 3.73. The fourth-order valence-electron chi connectivity index (χ4n) is 2.41. The van der Waals surface area contributed by atoms with Crippen molar-refractivity contribution in [3.63, 3.8) is 0 Å². The highest BCUT2D eigenvalue weighted by molar-refractivity contribution is 8.13. The van der Waals surface area contributed by atoms with Gasteiger partial charge < -0.3 is 10.5 Å². The van der Waals surface area contributed by atoms with E-state index >= 15 is 0 Å². The highest BCUT2D eigenvalue weighted by Gasteiger charge is 2.30. The molecule has 0 bridgehead atoms. The minimum atomic E-state index is -0.716. The second-order valence-electron chi connectivity index (χ2n) is 5.46. The van der Waals surface area contributed by atoms with Crippen molar-refractivity contribution in [2.24, 2.45) is 16.8 Å². The van der Waals surface area contributed by atoms with Gasteiger partial charge in [0.2, 0.25) is 11.0 Å². The van der Waals surface area contributed by atoms with Crippen LogP contribution in [0.4, 0.5) is 10.1 Å². The van der Waals surface area contributed by atoms with Crippen LogP contribution in [-0.4, -0.2) is 17.6 Å². The number of amidine groups is 1. The molecule has 0 saturated heterocycles. The van der Waals surface area contributed by atoms with E-state index in [2.05, 4.69) is 5.10 Å². The highest BCUT2D eigenvalue weighted by atomic mass is 32.2. The van der Waals surface area contributed by atoms with Crippen LogP contribution in [0.5, 0.6) is 0 Å². The summed E-state index contributed by atoms with van der Waals surface area (Å²) >= 11 is 0.995. The Balaban J connectivity index is 1.84. The van der Waals surface area contributed by atoms with Crippen molar-refractivity contribution in [3.8, 4) is 0 Å². The highest BCUT2D eigenvalue weighted by Crippen LogP contribution is 2.29. The molecule has 5 nitrogen and oxygen atoms in total. The van der Waals surface area contributed by atoms with Crippen molar-refractivity contribution in [1.29, 1.82) is 0 Å². The van der Waals surface area contributed by atoms with E-state index in [4.69, 9.17) is 10.5 Å². The number of halogens is 1. The summed E-state index contributed by atoms with van der Waals surface area (Å²) in [5.74, 6) is -0.438. The van der Waals surface area contributed by atoms with Crippen LogP contribution in [0.3, 0.4) is 0 Å². The third-order valence-corrected chi connectivity index (χ3v) is 4.59. The monoisotopic (exact) mass is 371 g/mol. The van der Waals surface area contributed by atoms with E-state index < -0.39 is 5.92 Å². The molecule has 0 saturated carbocycles. The maximum atomic E-state index is 13.0. The maximum Gasteiger partial charge on any atom is 0.212 e. The van der Waals surface area contributed by atoms with Crippen LogP contribution in [-0.2, 0) is 9.53 Å². The summed E-state index contributed by atoms with van der Waals surface area (Å²) in [6, 6.07) is 15.1. The first-order valence-corrected chi connectivity index (χ1v) is 8.91. The molecule has 0 radical (unpaired) electrons. The lowest BCUT2D eigenvalue weighted by molar-refractivity contribution is -0.111. The fourth-order valence-corrected chi connectivity index (χ4v) is 3.23. The summed E-state index contributed by atoms with van der Waals surface area (Å²) in [6.45, 7) is 2.28. The number of carbonyl (C=O) groups is 1. The average molecular weight is 371 g/mol. The molecule has 1 atom stereocenters. The molecule has 0 spiro atoms. The van der Waals surface area contributed by atoms with Crippen LogP contribution in [0, 0.1) is 11.7 Å². The van der Waals surface area contributed by atoms with Crippen LogP contribution >= 0.6 is 11.8 Å². The van der Waals surface area contributed by atoms with Crippen LogP contribution < -0.4 is 10.7 Å². The minimum absolute atomic E-state index is 0.178. The van der Waals surface area contributed by atoms with Crippen molar-refractivity contribution in [2.75, 3.05) is 11.6 Å². The lowest BCUT2D eigenvalue weighted by Crippen LogP contribution is -2.36. The van der Waals surface area contributed by atoms with Crippen molar-refractivity contribution < 1.29 is 13.9 Å². The van der Waals surface area contributed by atoms with Crippen molar-refractivity contribution in [2.45, 2.75) is 11.8 Å². The van der Waals surface area contributed by atoms with Gasteiger partial charge in [0.15, 0.2) is 0 Å². The molecule has 134 valence electrons. The molecule has 26 heavy (non-hydrogen) atoms. The van der Waals surface area contributed by atoms with E-state index in [1.807, 2.05) is 37.3 Å². The van der Waals surface area contributed by atoms with Gasteiger partial charge in [-0.25, -0.2) is 4.39 Å². The predicted molar refractivity (Wildman–Crippen MR) is 101 cm³/mol. The zero-order chi connectivity index (χ0) is 18.5. The van der Waals surface area contributed by atoms with Crippen molar-refractivity contribution in [1.82, 2.24) is 0 Å². The first-order valence-electron chi connectivity index (χ1n) is 8.09. The molecule has 1 heterocycles. The molecule has 1 aliphatic rings. The number of rotatable bonds is 5. The van der Waals surface area contributed by atoms with Gasteiger partial charge in [-0.1, -0.05) is 30.0 Å². The zero-order valence-electron chi connectivity index (χ0n) is 14.1. The maximum absolute atomic E-state index is 13.0. The molecule has 0 aromatic heterocycles. The molecule has 0 amide bonds. The summed E-state index contributed by atoms with van der Waals surface area (Å²) in [5.41, 5.74) is 6.84. The lowest BCUT2D eigenvalue weighted by atomic mass is 10.1. The number of thioether (sulfide) groups is 1. The Morgan fingerprint density at radius 1 is 1.23 bits per heavy atom. The standard InChI is InChI=1S/C19H18FN3O2S/c1-2-25-17-12-16(19(24)26-15-10-8-13(20)9-11-15)18(21)22-23(17)14-6-4-3-5-7-14/h3-12,16H,2H2,1H3,(H2,21,22). The largest absolute Gasteiger partial charge is 0.478 e. The normalized spacial score (nSPS) is 16.7. The van der Waals surface area contributed by atoms with Crippen LogP contribution in [0.15, 0.2) is 76.6 Å². The van der Waals surface area contributed by atoms with Gasteiger partial charge in [0.1, 0.15) is 17.6 Å². The Bertz CT molecular complexity index is 838. The fraction of sp³-hybridized carbons (Fsp3) is 0.158. The van der Waals surface area contributed by atoms with Gasteiger partial charge in [-0.05, 0) is 49.4 Å². The van der Waals surface area contributed by atoms with Crippen LogP contribution in [0.1, 0.15) is 6.92 Å². The summed E-state index contributed by atoms with van der Waals surface area (Å²) in [4.78, 5) is 13.3. The number of hydrazone groups is 1.